The first kappa shape index (κ1) is 10.7. The number of rotatable bonds is 3. The third kappa shape index (κ3) is 2.21. The molecular formula is C10H9ClN4O. The Hall–Kier alpha value is -1.85. The lowest BCUT2D eigenvalue weighted by molar-refractivity contribution is 0.264. The maximum Gasteiger partial charge on any atom is 0.172 e. The highest BCUT2D eigenvalue weighted by molar-refractivity contribution is 6.32. The van der Waals surface area contributed by atoms with Gasteiger partial charge in [-0.15, -0.1) is 0 Å². The van der Waals surface area contributed by atoms with Gasteiger partial charge in [0.25, 0.3) is 0 Å². The minimum absolute atomic E-state index is 0.538. The van der Waals surface area contributed by atoms with Gasteiger partial charge in [-0.3, -0.25) is 0 Å². The van der Waals surface area contributed by atoms with E-state index in [1.54, 1.807) is 41.4 Å². The topological polar surface area (TPSA) is 66.0 Å². The van der Waals surface area contributed by atoms with Crippen LogP contribution in [0.1, 0.15) is 5.69 Å². The van der Waals surface area contributed by atoms with E-state index >= 15 is 0 Å². The summed E-state index contributed by atoms with van der Waals surface area (Å²) < 4.78 is 1.58. The zero-order valence-corrected chi connectivity index (χ0v) is 9.00. The fraction of sp³-hybridized carbons (Fsp3) is 0. The molecule has 0 fully saturated rings. The van der Waals surface area contributed by atoms with Crippen LogP contribution in [0.4, 0.5) is 0 Å². The zero-order valence-electron chi connectivity index (χ0n) is 8.25. The van der Waals surface area contributed by atoms with Crippen LogP contribution in [0.15, 0.2) is 36.9 Å². The molecule has 0 aromatic carbocycles. The van der Waals surface area contributed by atoms with Gasteiger partial charge in [0.15, 0.2) is 5.82 Å². The van der Waals surface area contributed by atoms with Gasteiger partial charge in [0.1, 0.15) is 6.26 Å². The molecule has 0 saturated heterocycles. The lowest BCUT2D eigenvalue weighted by Gasteiger charge is -2.00. The summed E-state index contributed by atoms with van der Waals surface area (Å²) in [7, 11) is 0. The van der Waals surface area contributed by atoms with Crippen molar-refractivity contribution >= 4 is 17.7 Å². The highest BCUT2D eigenvalue weighted by Crippen LogP contribution is 2.16. The fourth-order valence-corrected chi connectivity index (χ4v) is 1.41. The first-order valence-corrected chi connectivity index (χ1v) is 4.87. The molecule has 0 aliphatic heterocycles. The second kappa shape index (κ2) is 4.78. The Morgan fingerprint density at radius 2 is 2.31 bits per heavy atom. The van der Waals surface area contributed by atoms with E-state index in [1.165, 1.54) is 6.26 Å². The Balaban J connectivity index is 2.32. The maximum absolute atomic E-state index is 5.99. The molecular weight excluding hydrogens is 228 g/mol. The van der Waals surface area contributed by atoms with E-state index in [-0.39, 0.29) is 0 Å². The van der Waals surface area contributed by atoms with Gasteiger partial charge in [0.05, 0.1) is 10.7 Å². The van der Waals surface area contributed by atoms with E-state index in [2.05, 4.69) is 14.9 Å². The SMILES string of the molecule is NO/C=C/c1ccn(-c2ncccc2Cl)n1. The molecule has 2 aromatic heterocycles. The third-order valence-electron chi connectivity index (χ3n) is 1.88. The molecule has 0 atom stereocenters. The molecule has 0 aliphatic rings. The van der Waals surface area contributed by atoms with Crippen LogP contribution in [0.3, 0.4) is 0 Å². The molecule has 2 aromatic rings. The average Bonchev–Trinajstić information content (AvgIpc) is 2.75. The Morgan fingerprint density at radius 3 is 3.06 bits per heavy atom. The summed E-state index contributed by atoms with van der Waals surface area (Å²) in [4.78, 5) is 8.44. The lowest BCUT2D eigenvalue weighted by atomic mass is 10.4. The Labute approximate surface area is 97.1 Å². The van der Waals surface area contributed by atoms with Gasteiger partial charge >= 0.3 is 0 Å². The second-order valence-corrected chi connectivity index (χ2v) is 3.34. The molecule has 2 rings (SSSR count). The quantitative estimate of drug-likeness (QED) is 0.652. The third-order valence-corrected chi connectivity index (χ3v) is 2.18. The predicted octanol–water partition coefficient (Wildman–Crippen LogP) is 1.78. The van der Waals surface area contributed by atoms with Gasteiger partial charge in [-0.05, 0) is 18.2 Å². The standard InChI is InChI=1S/C10H9ClN4O/c11-9-2-1-5-13-10(9)15-6-3-8(14-15)4-7-16-12/h1-7H,12H2/b7-4+. The fourth-order valence-electron chi connectivity index (χ4n) is 1.20. The molecule has 0 radical (unpaired) electrons. The summed E-state index contributed by atoms with van der Waals surface area (Å²) in [5.74, 6) is 5.44. The van der Waals surface area contributed by atoms with Gasteiger partial charge in [-0.2, -0.15) is 11.0 Å². The van der Waals surface area contributed by atoms with Crippen molar-refractivity contribution in [3.63, 3.8) is 0 Å². The van der Waals surface area contributed by atoms with Crippen LogP contribution in [0.2, 0.25) is 5.02 Å². The summed E-state index contributed by atoms with van der Waals surface area (Å²) in [5.41, 5.74) is 0.701. The minimum atomic E-state index is 0.538. The molecule has 0 bridgehead atoms. The minimum Gasteiger partial charge on any atom is -0.419 e. The smallest absolute Gasteiger partial charge is 0.172 e. The van der Waals surface area contributed by atoms with E-state index in [9.17, 15) is 0 Å². The number of hydrogen-bond acceptors (Lipinski definition) is 4. The van der Waals surface area contributed by atoms with Crippen LogP contribution < -0.4 is 5.90 Å². The number of nitrogens with two attached hydrogens (primary N) is 1. The van der Waals surface area contributed by atoms with E-state index in [0.717, 1.165) is 0 Å². The normalized spacial score (nSPS) is 10.9. The average molecular weight is 237 g/mol. The molecule has 0 unspecified atom stereocenters. The molecule has 16 heavy (non-hydrogen) atoms. The number of hydrogen-bond donors (Lipinski definition) is 1. The molecule has 5 nitrogen and oxygen atoms in total. The summed E-state index contributed by atoms with van der Waals surface area (Å²) in [6.07, 6.45) is 6.38. The Kier molecular flexibility index (Phi) is 3.19. The largest absolute Gasteiger partial charge is 0.419 e. The number of nitrogens with zero attached hydrogens (tertiary/aromatic N) is 3. The highest BCUT2D eigenvalue weighted by Gasteiger charge is 2.04. The van der Waals surface area contributed by atoms with Crippen LogP contribution in [-0.4, -0.2) is 14.8 Å². The van der Waals surface area contributed by atoms with Crippen molar-refractivity contribution in [1.82, 2.24) is 14.8 Å². The van der Waals surface area contributed by atoms with Crippen LogP contribution in [0.25, 0.3) is 11.9 Å². The first-order chi connectivity index (χ1) is 7.81. The molecule has 82 valence electrons. The van der Waals surface area contributed by atoms with Crippen molar-refractivity contribution in [3.05, 3.63) is 47.6 Å². The van der Waals surface area contributed by atoms with Crippen molar-refractivity contribution in [1.29, 1.82) is 0 Å². The summed E-state index contributed by atoms with van der Waals surface area (Å²) in [5, 5.41) is 4.76. The molecule has 0 saturated carbocycles. The van der Waals surface area contributed by atoms with Crippen molar-refractivity contribution < 1.29 is 4.84 Å². The number of halogens is 1. The molecule has 2 N–H and O–H groups in total. The summed E-state index contributed by atoms with van der Waals surface area (Å²) >= 11 is 5.99. The van der Waals surface area contributed by atoms with E-state index in [4.69, 9.17) is 17.5 Å². The van der Waals surface area contributed by atoms with Gasteiger partial charge in [-0.25, -0.2) is 9.67 Å². The highest BCUT2D eigenvalue weighted by atomic mass is 35.5. The van der Waals surface area contributed by atoms with Crippen molar-refractivity contribution in [2.24, 2.45) is 5.90 Å². The monoisotopic (exact) mass is 236 g/mol. The molecule has 2 heterocycles. The van der Waals surface area contributed by atoms with Crippen LogP contribution in [-0.2, 0) is 4.84 Å². The molecule has 0 amide bonds. The van der Waals surface area contributed by atoms with Gasteiger partial charge < -0.3 is 4.84 Å². The van der Waals surface area contributed by atoms with Crippen LogP contribution >= 0.6 is 11.6 Å². The van der Waals surface area contributed by atoms with Crippen molar-refractivity contribution in [2.75, 3.05) is 0 Å². The number of aromatic nitrogens is 3. The zero-order chi connectivity index (χ0) is 11.4. The Bertz CT molecular complexity index is 509. The van der Waals surface area contributed by atoms with Crippen LogP contribution in [0.5, 0.6) is 0 Å². The van der Waals surface area contributed by atoms with Gasteiger partial charge in [0.2, 0.25) is 0 Å². The molecule has 0 aliphatic carbocycles. The van der Waals surface area contributed by atoms with Crippen molar-refractivity contribution in [3.8, 4) is 5.82 Å². The second-order valence-electron chi connectivity index (χ2n) is 2.93. The Morgan fingerprint density at radius 1 is 1.44 bits per heavy atom. The van der Waals surface area contributed by atoms with E-state index in [0.29, 0.717) is 16.5 Å². The lowest BCUT2D eigenvalue weighted by Crippen LogP contribution is -1.98. The van der Waals surface area contributed by atoms with E-state index in [1.807, 2.05) is 0 Å². The van der Waals surface area contributed by atoms with Gasteiger partial charge in [-0.1, -0.05) is 11.6 Å². The maximum atomic E-state index is 5.99. The molecule has 0 spiro atoms. The summed E-state index contributed by atoms with van der Waals surface area (Å²) in [6.45, 7) is 0. The number of pyridine rings is 1. The predicted molar refractivity (Wildman–Crippen MR) is 60.7 cm³/mol. The van der Waals surface area contributed by atoms with Crippen molar-refractivity contribution in [2.45, 2.75) is 0 Å². The molecule has 6 heteroatoms. The van der Waals surface area contributed by atoms with Gasteiger partial charge in [0, 0.05) is 18.5 Å². The first-order valence-electron chi connectivity index (χ1n) is 4.50. The van der Waals surface area contributed by atoms with Crippen LogP contribution in [0, 0.1) is 0 Å². The van der Waals surface area contributed by atoms with E-state index < -0.39 is 0 Å². The summed E-state index contributed by atoms with van der Waals surface area (Å²) in [6, 6.07) is 5.31.